The Morgan fingerprint density at radius 3 is 3.00 bits per heavy atom. The fraction of sp³-hybridized carbons (Fsp3) is 0.556. The normalized spacial score (nSPS) is 10.3. The van der Waals surface area contributed by atoms with Crippen LogP contribution in [-0.2, 0) is 13.5 Å². The van der Waals surface area contributed by atoms with Crippen LogP contribution in [0.5, 0.6) is 0 Å². The second kappa shape index (κ2) is 4.63. The first-order valence-corrected chi connectivity index (χ1v) is 4.25. The number of rotatable bonds is 4. The maximum atomic E-state index is 8.44. The molecule has 0 bridgehead atoms. The molecule has 13 heavy (non-hydrogen) atoms. The Morgan fingerprint density at radius 2 is 2.46 bits per heavy atom. The molecule has 0 aliphatic rings. The van der Waals surface area contributed by atoms with Crippen molar-refractivity contribution in [1.82, 2.24) is 14.5 Å². The minimum Gasteiger partial charge on any atom is -0.338 e. The molecule has 0 aliphatic carbocycles. The van der Waals surface area contributed by atoms with Gasteiger partial charge < -0.3 is 4.57 Å². The third-order valence-electron chi connectivity index (χ3n) is 1.98. The number of nitriles is 1. The number of hydrogen-bond donors (Lipinski definition) is 0. The van der Waals surface area contributed by atoms with Crippen LogP contribution in [0.2, 0.25) is 0 Å². The lowest BCUT2D eigenvalue weighted by atomic mass is 10.3. The fourth-order valence-corrected chi connectivity index (χ4v) is 1.13. The van der Waals surface area contributed by atoms with Crippen molar-refractivity contribution in [1.29, 1.82) is 5.26 Å². The summed E-state index contributed by atoms with van der Waals surface area (Å²) < 4.78 is 2.00. The van der Waals surface area contributed by atoms with Crippen LogP contribution in [0.4, 0.5) is 0 Å². The van der Waals surface area contributed by atoms with Crippen molar-refractivity contribution >= 4 is 0 Å². The van der Waals surface area contributed by atoms with E-state index in [1.165, 1.54) is 0 Å². The van der Waals surface area contributed by atoms with E-state index < -0.39 is 0 Å². The summed E-state index contributed by atoms with van der Waals surface area (Å²) in [6, 6.07) is 2.11. The van der Waals surface area contributed by atoms with Crippen LogP contribution in [0.1, 0.15) is 5.82 Å². The molecule has 0 atom stereocenters. The Hall–Kier alpha value is -1.34. The molecule has 0 fully saturated rings. The van der Waals surface area contributed by atoms with E-state index in [0.29, 0.717) is 6.54 Å². The fourth-order valence-electron chi connectivity index (χ4n) is 1.13. The maximum Gasteiger partial charge on any atom is 0.109 e. The van der Waals surface area contributed by atoms with Gasteiger partial charge in [0.2, 0.25) is 0 Å². The van der Waals surface area contributed by atoms with Gasteiger partial charge in [0.15, 0.2) is 0 Å². The Balaban J connectivity index is 2.36. The Kier molecular flexibility index (Phi) is 3.47. The minimum absolute atomic E-state index is 0.477. The molecule has 0 aliphatic heterocycles. The van der Waals surface area contributed by atoms with E-state index in [1.54, 1.807) is 6.20 Å². The quantitative estimate of drug-likeness (QED) is 0.628. The van der Waals surface area contributed by atoms with Gasteiger partial charge in [-0.25, -0.2) is 4.98 Å². The summed E-state index contributed by atoms with van der Waals surface area (Å²) >= 11 is 0. The van der Waals surface area contributed by atoms with Gasteiger partial charge in [0.1, 0.15) is 5.82 Å². The van der Waals surface area contributed by atoms with Gasteiger partial charge in [-0.05, 0) is 7.05 Å². The highest BCUT2D eigenvalue weighted by Gasteiger charge is 2.01. The molecule has 1 heterocycles. The summed E-state index contributed by atoms with van der Waals surface area (Å²) in [5.41, 5.74) is 0. The highest BCUT2D eigenvalue weighted by Crippen LogP contribution is 1.96. The van der Waals surface area contributed by atoms with Gasteiger partial charge in [0, 0.05) is 32.4 Å². The zero-order chi connectivity index (χ0) is 9.68. The Morgan fingerprint density at radius 1 is 1.69 bits per heavy atom. The van der Waals surface area contributed by atoms with Gasteiger partial charge in [-0.3, -0.25) is 4.90 Å². The maximum absolute atomic E-state index is 8.44. The molecule has 0 saturated carbocycles. The zero-order valence-corrected chi connectivity index (χ0v) is 8.06. The predicted molar refractivity (Wildman–Crippen MR) is 50.0 cm³/mol. The highest BCUT2D eigenvalue weighted by molar-refractivity contribution is 4.92. The van der Waals surface area contributed by atoms with Crippen LogP contribution < -0.4 is 0 Å². The van der Waals surface area contributed by atoms with Gasteiger partial charge >= 0.3 is 0 Å². The van der Waals surface area contributed by atoms with Crippen LogP contribution in [0, 0.1) is 11.3 Å². The molecule has 4 heteroatoms. The largest absolute Gasteiger partial charge is 0.338 e. The lowest BCUT2D eigenvalue weighted by Crippen LogP contribution is -2.22. The smallest absolute Gasteiger partial charge is 0.109 e. The second-order valence-corrected chi connectivity index (χ2v) is 3.10. The van der Waals surface area contributed by atoms with Gasteiger partial charge in [-0.1, -0.05) is 0 Å². The van der Waals surface area contributed by atoms with Crippen molar-refractivity contribution in [2.75, 3.05) is 20.1 Å². The van der Waals surface area contributed by atoms with E-state index in [-0.39, 0.29) is 0 Å². The molecule has 0 unspecified atom stereocenters. The van der Waals surface area contributed by atoms with Crippen molar-refractivity contribution in [3.05, 3.63) is 18.2 Å². The minimum atomic E-state index is 0.477. The first kappa shape index (κ1) is 9.75. The number of aryl methyl sites for hydroxylation is 1. The SMILES string of the molecule is CN(CC#N)CCc1nccn1C. The van der Waals surface area contributed by atoms with Crippen molar-refractivity contribution in [2.45, 2.75) is 6.42 Å². The van der Waals surface area contributed by atoms with E-state index in [2.05, 4.69) is 11.1 Å². The Labute approximate surface area is 78.4 Å². The molecule has 1 aromatic rings. The molecule has 0 saturated heterocycles. The summed E-state index contributed by atoms with van der Waals surface area (Å²) in [5.74, 6) is 1.06. The monoisotopic (exact) mass is 178 g/mol. The van der Waals surface area contributed by atoms with E-state index in [4.69, 9.17) is 5.26 Å². The number of hydrogen-bond acceptors (Lipinski definition) is 3. The van der Waals surface area contributed by atoms with Crippen LogP contribution in [0.15, 0.2) is 12.4 Å². The first-order chi connectivity index (χ1) is 6.24. The van der Waals surface area contributed by atoms with E-state index >= 15 is 0 Å². The molecule has 0 amide bonds. The number of aromatic nitrogens is 2. The predicted octanol–water partition coefficient (Wildman–Crippen LogP) is 0.418. The molecule has 0 spiro atoms. The summed E-state index contributed by atoms with van der Waals surface area (Å²) in [7, 11) is 3.92. The number of nitrogens with zero attached hydrogens (tertiary/aromatic N) is 4. The topological polar surface area (TPSA) is 44.9 Å². The van der Waals surface area contributed by atoms with E-state index in [0.717, 1.165) is 18.8 Å². The summed E-state index contributed by atoms with van der Waals surface area (Å²) in [5, 5.41) is 8.44. The van der Waals surface area contributed by atoms with Crippen LogP contribution in [0.3, 0.4) is 0 Å². The van der Waals surface area contributed by atoms with Crippen molar-refractivity contribution in [2.24, 2.45) is 7.05 Å². The summed E-state index contributed by atoms with van der Waals surface area (Å²) in [6.07, 6.45) is 4.61. The molecular weight excluding hydrogens is 164 g/mol. The molecule has 1 rings (SSSR count). The molecular formula is C9H14N4. The van der Waals surface area contributed by atoms with Gasteiger partial charge in [-0.15, -0.1) is 0 Å². The third kappa shape index (κ3) is 2.88. The van der Waals surface area contributed by atoms with Crippen LogP contribution >= 0.6 is 0 Å². The van der Waals surface area contributed by atoms with Crippen molar-refractivity contribution in [3.8, 4) is 6.07 Å². The number of likely N-dealkylation sites (N-methyl/N-ethyl adjacent to an activating group) is 1. The average molecular weight is 178 g/mol. The van der Waals surface area contributed by atoms with E-state index in [9.17, 15) is 0 Å². The third-order valence-corrected chi connectivity index (χ3v) is 1.98. The standard InChI is InChI=1S/C9H14N4/c1-12(7-4-10)6-3-9-11-5-8-13(9)2/h5,8H,3,6-7H2,1-2H3. The molecule has 4 nitrogen and oxygen atoms in total. The zero-order valence-electron chi connectivity index (χ0n) is 8.06. The van der Waals surface area contributed by atoms with Crippen LogP contribution in [-0.4, -0.2) is 34.6 Å². The second-order valence-electron chi connectivity index (χ2n) is 3.10. The van der Waals surface area contributed by atoms with Crippen LogP contribution in [0.25, 0.3) is 0 Å². The Bertz CT molecular complexity index is 297. The van der Waals surface area contributed by atoms with Crippen molar-refractivity contribution < 1.29 is 0 Å². The molecule has 0 aromatic carbocycles. The van der Waals surface area contributed by atoms with Gasteiger partial charge in [-0.2, -0.15) is 5.26 Å². The van der Waals surface area contributed by atoms with Gasteiger partial charge in [0.05, 0.1) is 12.6 Å². The molecule has 70 valence electrons. The average Bonchev–Trinajstić information content (AvgIpc) is 2.48. The molecule has 0 radical (unpaired) electrons. The summed E-state index contributed by atoms with van der Waals surface area (Å²) in [4.78, 5) is 6.18. The molecule has 0 N–H and O–H groups in total. The first-order valence-electron chi connectivity index (χ1n) is 4.25. The lowest BCUT2D eigenvalue weighted by Gasteiger charge is -2.11. The number of imidazole rings is 1. The van der Waals surface area contributed by atoms with Crippen molar-refractivity contribution in [3.63, 3.8) is 0 Å². The molecule has 1 aromatic heterocycles. The highest BCUT2D eigenvalue weighted by atomic mass is 15.1. The van der Waals surface area contributed by atoms with Gasteiger partial charge in [0.25, 0.3) is 0 Å². The lowest BCUT2D eigenvalue weighted by molar-refractivity contribution is 0.374. The summed E-state index contributed by atoms with van der Waals surface area (Å²) in [6.45, 7) is 1.35. The van der Waals surface area contributed by atoms with E-state index in [1.807, 2.05) is 29.8 Å².